The molecule has 3 rings (SSSR count). The molecule has 0 atom stereocenters. The topological polar surface area (TPSA) is 70.6 Å². The Bertz CT molecular complexity index is 1110. The Balaban J connectivity index is 1.79. The summed E-state index contributed by atoms with van der Waals surface area (Å²) in [4.78, 5) is 21.2. The molecule has 0 bridgehead atoms. The minimum absolute atomic E-state index is 0.149. The van der Waals surface area contributed by atoms with Gasteiger partial charge >= 0.3 is 0 Å². The first kappa shape index (κ1) is 22.3. The second-order valence-electron chi connectivity index (χ2n) is 7.19. The van der Waals surface area contributed by atoms with Crippen LogP contribution < -0.4 is 4.90 Å². The summed E-state index contributed by atoms with van der Waals surface area (Å²) in [7, 11) is 0.329. The number of hydrogen-bond donors (Lipinski definition) is 0. The largest absolute Gasteiger partial charge is 0.309 e. The van der Waals surface area contributed by atoms with Crippen LogP contribution in [-0.2, 0) is 14.6 Å². The van der Waals surface area contributed by atoms with Crippen LogP contribution in [0.1, 0.15) is 12.8 Å². The van der Waals surface area contributed by atoms with E-state index in [4.69, 9.17) is 0 Å². The minimum atomic E-state index is -3.56. The van der Waals surface area contributed by atoms with Gasteiger partial charge in [-0.25, -0.2) is 17.8 Å². The third-order valence-electron chi connectivity index (χ3n) is 4.55. The van der Waals surface area contributed by atoms with E-state index in [1.165, 1.54) is 40.5 Å². The van der Waals surface area contributed by atoms with Crippen LogP contribution in [-0.4, -0.2) is 57.1 Å². The van der Waals surface area contributed by atoms with E-state index in [9.17, 15) is 17.6 Å². The quantitative estimate of drug-likeness (QED) is 0.499. The van der Waals surface area contributed by atoms with Crippen molar-refractivity contribution >= 4 is 42.4 Å². The lowest BCUT2D eigenvalue weighted by atomic mass is 10.3. The number of amides is 1. The molecule has 1 aromatic heterocycles. The molecule has 0 N–H and O–H groups in total. The van der Waals surface area contributed by atoms with Gasteiger partial charge in [-0.2, -0.15) is 0 Å². The van der Waals surface area contributed by atoms with Crippen molar-refractivity contribution in [1.29, 1.82) is 0 Å². The number of sulfone groups is 1. The SMILES string of the molecule is CN(C)CCCN(C(=O)CCS(=O)(=O)c1ccccc1)c1nc2ccc(F)cc2s1. The van der Waals surface area contributed by atoms with Gasteiger partial charge in [0.2, 0.25) is 5.91 Å². The van der Waals surface area contributed by atoms with Crippen molar-refractivity contribution in [3.05, 3.63) is 54.3 Å². The lowest BCUT2D eigenvalue weighted by Gasteiger charge is -2.21. The molecule has 0 fully saturated rings. The fourth-order valence-corrected chi connectivity index (χ4v) is 5.26. The van der Waals surface area contributed by atoms with Crippen molar-refractivity contribution < 1.29 is 17.6 Å². The van der Waals surface area contributed by atoms with Gasteiger partial charge in [0.15, 0.2) is 15.0 Å². The number of hydrogen-bond acceptors (Lipinski definition) is 6. The standard InChI is InChI=1S/C21H24FN3O3S2/c1-24(2)12-6-13-25(21-23-18-10-9-16(22)15-19(18)29-21)20(26)11-14-30(27,28)17-7-4-3-5-8-17/h3-5,7-10,15H,6,11-14H2,1-2H3. The number of thiazole rings is 1. The molecule has 3 aromatic rings. The summed E-state index contributed by atoms with van der Waals surface area (Å²) in [6, 6.07) is 12.4. The second kappa shape index (κ2) is 9.63. The van der Waals surface area contributed by atoms with E-state index in [2.05, 4.69) is 4.98 Å². The zero-order valence-electron chi connectivity index (χ0n) is 16.9. The summed E-state index contributed by atoms with van der Waals surface area (Å²) in [5, 5.41) is 0.455. The fraction of sp³-hybridized carbons (Fsp3) is 0.333. The van der Waals surface area contributed by atoms with Gasteiger partial charge in [-0.3, -0.25) is 9.69 Å². The number of rotatable bonds is 9. The lowest BCUT2D eigenvalue weighted by Crippen LogP contribution is -2.34. The molecule has 9 heteroatoms. The molecule has 0 spiro atoms. The summed E-state index contributed by atoms with van der Waals surface area (Å²) in [5.74, 6) is -0.954. The molecule has 6 nitrogen and oxygen atoms in total. The van der Waals surface area contributed by atoms with Crippen molar-refractivity contribution in [2.45, 2.75) is 17.7 Å². The smallest absolute Gasteiger partial charge is 0.229 e. The summed E-state index contributed by atoms with van der Waals surface area (Å²) in [5.41, 5.74) is 0.610. The second-order valence-corrected chi connectivity index (χ2v) is 10.3. The van der Waals surface area contributed by atoms with E-state index in [-0.39, 0.29) is 28.8 Å². The molecule has 1 amide bonds. The molecule has 0 saturated heterocycles. The average Bonchev–Trinajstić information content (AvgIpc) is 3.12. The molecule has 0 saturated carbocycles. The lowest BCUT2D eigenvalue weighted by molar-refractivity contribution is -0.118. The number of anilines is 1. The monoisotopic (exact) mass is 449 g/mol. The Labute approximate surface area is 179 Å². The maximum absolute atomic E-state index is 13.5. The third kappa shape index (κ3) is 5.62. The van der Waals surface area contributed by atoms with Gasteiger partial charge < -0.3 is 4.90 Å². The first-order valence-corrected chi connectivity index (χ1v) is 12.0. The normalized spacial score (nSPS) is 11.9. The van der Waals surface area contributed by atoms with Gasteiger partial charge in [-0.05, 0) is 57.4 Å². The Morgan fingerprint density at radius 2 is 1.83 bits per heavy atom. The molecular weight excluding hydrogens is 425 g/mol. The van der Waals surface area contributed by atoms with Crippen LogP contribution >= 0.6 is 11.3 Å². The zero-order chi connectivity index (χ0) is 21.7. The van der Waals surface area contributed by atoms with Crippen molar-refractivity contribution in [1.82, 2.24) is 9.88 Å². The number of carbonyl (C=O) groups is 1. The molecule has 30 heavy (non-hydrogen) atoms. The number of benzene rings is 2. The molecule has 0 aliphatic rings. The van der Waals surface area contributed by atoms with Crippen LogP contribution in [0.5, 0.6) is 0 Å². The summed E-state index contributed by atoms with van der Waals surface area (Å²) < 4.78 is 39.3. The Hall–Kier alpha value is -2.36. The average molecular weight is 450 g/mol. The van der Waals surface area contributed by atoms with Gasteiger partial charge in [0, 0.05) is 13.0 Å². The predicted molar refractivity (Wildman–Crippen MR) is 118 cm³/mol. The van der Waals surface area contributed by atoms with Gasteiger partial charge in [0.25, 0.3) is 0 Å². The van der Waals surface area contributed by atoms with Crippen LogP contribution in [0.4, 0.5) is 9.52 Å². The molecule has 160 valence electrons. The highest BCUT2D eigenvalue weighted by atomic mass is 32.2. The third-order valence-corrected chi connectivity index (χ3v) is 7.32. The highest BCUT2D eigenvalue weighted by Gasteiger charge is 2.23. The number of carbonyl (C=O) groups excluding carboxylic acids is 1. The van der Waals surface area contributed by atoms with E-state index in [0.29, 0.717) is 28.3 Å². The van der Waals surface area contributed by atoms with Crippen molar-refractivity contribution in [2.24, 2.45) is 0 Å². The number of nitrogens with zero attached hydrogens (tertiary/aromatic N) is 3. The van der Waals surface area contributed by atoms with Gasteiger partial charge in [-0.1, -0.05) is 29.5 Å². The van der Waals surface area contributed by atoms with Crippen molar-refractivity contribution in [2.75, 3.05) is 37.8 Å². The van der Waals surface area contributed by atoms with Crippen molar-refractivity contribution in [3.8, 4) is 0 Å². The Morgan fingerprint density at radius 1 is 1.10 bits per heavy atom. The first-order chi connectivity index (χ1) is 14.3. The highest BCUT2D eigenvalue weighted by Crippen LogP contribution is 2.30. The summed E-state index contributed by atoms with van der Waals surface area (Å²) in [6.07, 6.45) is 0.554. The highest BCUT2D eigenvalue weighted by molar-refractivity contribution is 7.91. The van der Waals surface area contributed by atoms with Gasteiger partial charge in [0.1, 0.15) is 5.82 Å². The van der Waals surface area contributed by atoms with Crippen LogP contribution in [0.3, 0.4) is 0 Å². The first-order valence-electron chi connectivity index (χ1n) is 9.55. The van der Waals surface area contributed by atoms with E-state index < -0.39 is 9.84 Å². The maximum atomic E-state index is 13.5. The van der Waals surface area contributed by atoms with E-state index in [1.54, 1.807) is 24.3 Å². The van der Waals surface area contributed by atoms with Gasteiger partial charge in [-0.15, -0.1) is 0 Å². The molecule has 0 radical (unpaired) electrons. The molecule has 0 aliphatic carbocycles. The van der Waals surface area contributed by atoms with Crippen LogP contribution in [0, 0.1) is 5.82 Å². The Morgan fingerprint density at radius 3 is 2.53 bits per heavy atom. The van der Waals surface area contributed by atoms with E-state index in [0.717, 1.165) is 6.54 Å². The van der Waals surface area contributed by atoms with Crippen LogP contribution in [0.15, 0.2) is 53.4 Å². The number of halogens is 1. The summed E-state index contributed by atoms with van der Waals surface area (Å²) in [6.45, 7) is 1.18. The molecule has 2 aromatic carbocycles. The molecule has 1 heterocycles. The minimum Gasteiger partial charge on any atom is -0.309 e. The number of fused-ring (bicyclic) bond motifs is 1. The van der Waals surface area contributed by atoms with E-state index in [1.807, 2.05) is 19.0 Å². The van der Waals surface area contributed by atoms with Crippen molar-refractivity contribution in [3.63, 3.8) is 0 Å². The zero-order valence-corrected chi connectivity index (χ0v) is 18.5. The van der Waals surface area contributed by atoms with Crippen LogP contribution in [0.2, 0.25) is 0 Å². The van der Waals surface area contributed by atoms with Crippen LogP contribution in [0.25, 0.3) is 10.2 Å². The Kier molecular flexibility index (Phi) is 7.17. The fourth-order valence-electron chi connectivity index (χ4n) is 2.98. The molecule has 0 aliphatic heterocycles. The van der Waals surface area contributed by atoms with E-state index >= 15 is 0 Å². The summed E-state index contributed by atoms with van der Waals surface area (Å²) >= 11 is 1.23. The number of aromatic nitrogens is 1. The predicted octanol–water partition coefficient (Wildman–Crippen LogP) is 3.58. The molecular formula is C21H24FN3O3S2. The van der Waals surface area contributed by atoms with Gasteiger partial charge in [0.05, 0.1) is 20.9 Å². The maximum Gasteiger partial charge on any atom is 0.229 e. The molecule has 0 unspecified atom stereocenters.